The zero-order valence-corrected chi connectivity index (χ0v) is 20.1. The molecule has 1 heterocycles. The van der Waals surface area contributed by atoms with Crippen LogP contribution < -0.4 is 10.1 Å². The van der Waals surface area contributed by atoms with E-state index in [-0.39, 0.29) is 28.9 Å². The molecule has 3 aromatic rings. The van der Waals surface area contributed by atoms with Crippen molar-refractivity contribution in [2.75, 3.05) is 18.9 Å². The number of nitriles is 1. The molecule has 2 aromatic carbocycles. The monoisotopic (exact) mass is 499 g/mol. The fourth-order valence-electron chi connectivity index (χ4n) is 3.17. The average molecular weight is 500 g/mol. The number of pyridine rings is 1. The molecule has 0 aliphatic rings. The number of benzene rings is 2. The number of nitrogens with one attached hydrogen (secondary N) is 1. The number of nitrogens with zero attached hydrogens (tertiary/aromatic N) is 2. The Labute approximate surface area is 206 Å². The summed E-state index contributed by atoms with van der Waals surface area (Å²) in [6.07, 6.45) is -3.89. The van der Waals surface area contributed by atoms with Crippen molar-refractivity contribution in [3.05, 3.63) is 76.9 Å². The van der Waals surface area contributed by atoms with Crippen molar-refractivity contribution in [3.63, 3.8) is 0 Å². The van der Waals surface area contributed by atoms with E-state index in [2.05, 4.69) is 10.3 Å². The topological polar surface area (TPSA) is 75.0 Å². The summed E-state index contributed by atoms with van der Waals surface area (Å²) in [5, 5.41) is 12.2. The standard InChI is InChI=1S/C26H24F3N3O2S/c1-3-13-34-20-10-8-18(9-11-20)23-15-22(26(27,28)29)21(16-30)25(32-23)35-14-12-31-24(33)19-6-4-17(2)5-7-19/h4-11,15H,3,12-14H2,1-2H3,(H,31,33). The quantitative estimate of drug-likeness (QED) is 0.278. The van der Waals surface area contributed by atoms with Gasteiger partial charge in [-0.25, -0.2) is 4.98 Å². The third-order valence-electron chi connectivity index (χ3n) is 4.97. The van der Waals surface area contributed by atoms with Crippen LogP contribution in [0, 0.1) is 18.3 Å². The summed E-state index contributed by atoms with van der Waals surface area (Å²) in [5.74, 6) is 0.567. The molecule has 5 nitrogen and oxygen atoms in total. The molecule has 1 aromatic heterocycles. The maximum absolute atomic E-state index is 13.8. The highest BCUT2D eigenvalue weighted by atomic mass is 32.2. The molecule has 0 unspecified atom stereocenters. The summed E-state index contributed by atoms with van der Waals surface area (Å²) in [6.45, 7) is 4.61. The molecule has 0 spiro atoms. The van der Waals surface area contributed by atoms with Crippen molar-refractivity contribution in [1.82, 2.24) is 10.3 Å². The second-order valence-corrected chi connectivity index (χ2v) is 8.77. The smallest absolute Gasteiger partial charge is 0.417 e. The maximum atomic E-state index is 13.8. The van der Waals surface area contributed by atoms with Crippen LogP contribution in [-0.4, -0.2) is 29.8 Å². The summed E-state index contributed by atoms with van der Waals surface area (Å²) in [6, 6.07) is 16.2. The molecule has 3 rings (SSSR count). The van der Waals surface area contributed by atoms with Gasteiger partial charge in [0.25, 0.3) is 5.91 Å². The Kier molecular flexibility index (Phi) is 8.77. The van der Waals surface area contributed by atoms with Gasteiger partial charge in [-0.1, -0.05) is 24.6 Å². The Bertz CT molecular complexity index is 1200. The number of amides is 1. The largest absolute Gasteiger partial charge is 0.494 e. The van der Waals surface area contributed by atoms with Gasteiger partial charge in [0.15, 0.2) is 0 Å². The van der Waals surface area contributed by atoms with Gasteiger partial charge in [0.2, 0.25) is 0 Å². The van der Waals surface area contributed by atoms with Gasteiger partial charge in [-0.2, -0.15) is 18.4 Å². The zero-order chi connectivity index (χ0) is 25.4. The Morgan fingerprint density at radius 1 is 1.14 bits per heavy atom. The highest BCUT2D eigenvalue weighted by Crippen LogP contribution is 2.38. The minimum atomic E-state index is -4.72. The van der Waals surface area contributed by atoms with Gasteiger partial charge in [0, 0.05) is 23.4 Å². The van der Waals surface area contributed by atoms with Crippen LogP contribution >= 0.6 is 11.8 Å². The predicted octanol–water partition coefficient (Wildman–Crippen LogP) is 6.26. The van der Waals surface area contributed by atoms with Gasteiger partial charge < -0.3 is 10.1 Å². The van der Waals surface area contributed by atoms with Crippen molar-refractivity contribution in [2.24, 2.45) is 0 Å². The van der Waals surface area contributed by atoms with Crippen LogP contribution in [0.4, 0.5) is 13.2 Å². The SMILES string of the molecule is CCCOc1ccc(-c2cc(C(F)(F)F)c(C#N)c(SCCNC(=O)c3ccc(C)cc3)n2)cc1. The number of ether oxygens (including phenoxy) is 1. The third kappa shape index (κ3) is 6.99. The Morgan fingerprint density at radius 2 is 1.83 bits per heavy atom. The second kappa shape index (κ2) is 11.8. The molecule has 0 atom stereocenters. The Hall–Kier alpha value is -3.51. The normalized spacial score (nSPS) is 11.1. The molecule has 1 amide bonds. The average Bonchev–Trinajstić information content (AvgIpc) is 2.84. The number of thioether (sulfide) groups is 1. The molecule has 0 aliphatic carbocycles. The number of aryl methyl sites for hydroxylation is 1. The first-order valence-corrected chi connectivity index (χ1v) is 11.9. The highest BCUT2D eigenvalue weighted by molar-refractivity contribution is 7.99. The van der Waals surface area contributed by atoms with Crippen molar-refractivity contribution < 1.29 is 22.7 Å². The van der Waals surface area contributed by atoms with E-state index in [4.69, 9.17) is 4.74 Å². The van der Waals surface area contributed by atoms with E-state index in [1.165, 1.54) is 0 Å². The van der Waals surface area contributed by atoms with Crippen molar-refractivity contribution in [1.29, 1.82) is 5.26 Å². The van der Waals surface area contributed by atoms with Crippen molar-refractivity contribution >= 4 is 17.7 Å². The van der Waals surface area contributed by atoms with Gasteiger partial charge in [-0.3, -0.25) is 4.79 Å². The lowest BCUT2D eigenvalue weighted by Crippen LogP contribution is -2.25. The van der Waals surface area contributed by atoms with Crippen LogP contribution in [0.5, 0.6) is 5.75 Å². The van der Waals surface area contributed by atoms with Gasteiger partial charge in [-0.05, 0) is 55.8 Å². The van der Waals surface area contributed by atoms with Crippen molar-refractivity contribution in [2.45, 2.75) is 31.5 Å². The summed E-state index contributed by atoms with van der Waals surface area (Å²) in [5.41, 5.74) is 0.518. The van der Waals surface area contributed by atoms with Crippen LogP contribution in [-0.2, 0) is 6.18 Å². The number of carbonyl (C=O) groups is 1. The molecule has 0 saturated carbocycles. The van der Waals surface area contributed by atoms with Gasteiger partial charge in [0.1, 0.15) is 16.8 Å². The minimum absolute atomic E-state index is 0.0341. The van der Waals surface area contributed by atoms with Gasteiger partial charge >= 0.3 is 6.18 Å². The summed E-state index contributed by atoms with van der Waals surface area (Å²) < 4.78 is 46.8. The molecule has 0 aliphatic heterocycles. The van der Waals surface area contributed by atoms with Crippen molar-refractivity contribution in [3.8, 4) is 23.1 Å². The molecule has 0 radical (unpaired) electrons. The molecular weight excluding hydrogens is 475 g/mol. The number of rotatable bonds is 9. The van der Waals surface area contributed by atoms with E-state index in [1.54, 1.807) is 42.5 Å². The Balaban J connectivity index is 1.79. The maximum Gasteiger partial charge on any atom is 0.417 e. The van der Waals surface area contributed by atoms with Crippen LogP contribution in [0.2, 0.25) is 0 Å². The van der Waals surface area contributed by atoms with E-state index in [1.807, 2.05) is 26.0 Å². The minimum Gasteiger partial charge on any atom is -0.494 e. The first kappa shape index (κ1) is 26.1. The van der Waals surface area contributed by atoms with Crippen LogP contribution in [0.15, 0.2) is 59.6 Å². The molecule has 182 valence electrons. The van der Waals surface area contributed by atoms with E-state index in [9.17, 15) is 23.2 Å². The fourth-order valence-corrected chi connectivity index (χ4v) is 4.03. The molecule has 0 bridgehead atoms. The van der Waals surface area contributed by atoms with E-state index >= 15 is 0 Å². The fraction of sp³-hybridized carbons (Fsp3) is 0.269. The van der Waals surface area contributed by atoms with Crippen LogP contribution in [0.3, 0.4) is 0 Å². The zero-order valence-electron chi connectivity index (χ0n) is 19.3. The van der Waals surface area contributed by atoms with E-state index in [0.29, 0.717) is 23.5 Å². The Morgan fingerprint density at radius 3 is 2.43 bits per heavy atom. The molecule has 9 heteroatoms. The second-order valence-electron chi connectivity index (χ2n) is 7.69. The number of carbonyl (C=O) groups excluding carboxylic acids is 1. The number of hydrogen-bond acceptors (Lipinski definition) is 5. The van der Waals surface area contributed by atoms with E-state index in [0.717, 1.165) is 29.8 Å². The number of alkyl halides is 3. The lowest BCUT2D eigenvalue weighted by Gasteiger charge is -2.15. The molecular formula is C26H24F3N3O2S. The third-order valence-corrected chi connectivity index (χ3v) is 5.94. The highest BCUT2D eigenvalue weighted by Gasteiger charge is 2.36. The summed E-state index contributed by atoms with van der Waals surface area (Å²) in [7, 11) is 0. The van der Waals surface area contributed by atoms with Gasteiger partial charge in [-0.15, -0.1) is 11.8 Å². The first-order chi connectivity index (χ1) is 16.7. The lowest BCUT2D eigenvalue weighted by atomic mass is 10.1. The number of hydrogen-bond donors (Lipinski definition) is 1. The van der Waals surface area contributed by atoms with Gasteiger partial charge in [0.05, 0.1) is 23.4 Å². The first-order valence-electron chi connectivity index (χ1n) is 11.0. The number of aromatic nitrogens is 1. The van der Waals surface area contributed by atoms with Crippen LogP contribution in [0.1, 0.15) is 40.4 Å². The predicted molar refractivity (Wildman–Crippen MR) is 129 cm³/mol. The van der Waals surface area contributed by atoms with E-state index < -0.39 is 17.3 Å². The molecule has 0 saturated heterocycles. The number of halogens is 3. The van der Waals surface area contributed by atoms with Crippen LogP contribution in [0.25, 0.3) is 11.3 Å². The molecule has 35 heavy (non-hydrogen) atoms. The molecule has 0 fully saturated rings. The summed E-state index contributed by atoms with van der Waals surface area (Å²) in [4.78, 5) is 16.6. The summed E-state index contributed by atoms with van der Waals surface area (Å²) >= 11 is 0.992. The lowest BCUT2D eigenvalue weighted by molar-refractivity contribution is -0.138. The molecule has 1 N–H and O–H groups in total.